The van der Waals surface area contributed by atoms with Crippen molar-refractivity contribution in [1.29, 1.82) is 0 Å². The van der Waals surface area contributed by atoms with Crippen LogP contribution in [0.4, 0.5) is 0 Å². The van der Waals surface area contributed by atoms with Crippen LogP contribution in [0.2, 0.25) is 0 Å². The standard InChI is InChI=1S/C14H12N4O/c1-17-8-7-11(9-13(17)19)14-16-15-10-18(14)12-5-3-2-4-6-12/h2-10H,1H3. The summed E-state index contributed by atoms with van der Waals surface area (Å²) in [5.41, 5.74) is 1.65. The molecule has 0 spiro atoms. The summed E-state index contributed by atoms with van der Waals surface area (Å²) in [6, 6.07) is 13.2. The van der Waals surface area contributed by atoms with Gasteiger partial charge in [-0.25, -0.2) is 0 Å². The van der Waals surface area contributed by atoms with Gasteiger partial charge in [0, 0.05) is 30.6 Å². The Morgan fingerprint density at radius 1 is 1.11 bits per heavy atom. The van der Waals surface area contributed by atoms with Crippen molar-refractivity contribution in [2.24, 2.45) is 7.05 Å². The topological polar surface area (TPSA) is 52.7 Å². The molecule has 0 radical (unpaired) electrons. The Morgan fingerprint density at radius 3 is 2.63 bits per heavy atom. The fourth-order valence-electron chi connectivity index (χ4n) is 1.90. The molecule has 0 amide bonds. The van der Waals surface area contributed by atoms with Crippen LogP contribution in [0.1, 0.15) is 0 Å². The lowest BCUT2D eigenvalue weighted by Crippen LogP contribution is -2.14. The first-order valence-electron chi connectivity index (χ1n) is 5.88. The lowest BCUT2D eigenvalue weighted by atomic mass is 10.2. The van der Waals surface area contributed by atoms with Crippen LogP contribution in [-0.2, 0) is 7.05 Å². The maximum Gasteiger partial charge on any atom is 0.250 e. The second kappa shape index (κ2) is 4.53. The van der Waals surface area contributed by atoms with Crippen molar-refractivity contribution in [3.8, 4) is 17.1 Å². The predicted molar refractivity (Wildman–Crippen MR) is 72.0 cm³/mol. The molecule has 19 heavy (non-hydrogen) atoms. The molecule has 5 nitrogen and oxygen atoms in total. The highest BCUT2D eigenvalue weighted by Gasteiger charge is 2.09. The van der Waals surface area contributed by atoms with E-state index in [4.69, 9.17) is 0 Å². The first kappa shape index (κ1) is 11.4. The summed E-state index contributed by atoms with van der Waals surface area (Å²) >= 11 is 0. The first-order valence-corrected chi connectivity index (χ1v) is 5.88. The quantitative estimate of drug-likeness (QED) is 0.696. The molecule has 0 bridgehead atoms. The summed E-state index contributed by atoms with van der Waals surface area (Å²) in [6.45, 7) is 0. The molecule has 94 valence electrons. The fraction of sp³-hybridized carbons (Fsp3) is 0.0714. The van der Waals surface area contributed by atoms with Crippen molar-refractivity contribution in [3.63, 3.8) is 0 Å². The van der Waals surface area contributed by atoms with Gasteiger partial charge in [-0.05, 0) is 18.2 Å². The molecule has 0 atom stereocenters. The molecule has 0 unspecified atom stereocenters. The van der Waals surface area contributed by atoms with Crippen LogP contribution in [0.15, 0.2) is 59.8 Å². The minimum absolute atomic E-state index is 0.0693. The predicted octanol–water partition coefficient (Wildman–Crippen LogP) is 1.63. The number of hydrogen-bond donors (Lipinski definition) is 0. The third-order valence-electron chi connectivity index (χ3n) is 2.94. The van der Waals surface area contributed by atoms with Crippen LogP contribution >= 0.6 is 0 Å². The Hall–Kier alpha value is -2.69. The first-order chi connectivity index (χ1) is 9.25. The Balaban J connectivity index is 2.15. The molecule has 3 aromatic rings. The van der Waals surface area contributed by atoms with Gasteiger partial charge in [-0.3, -0.25) is 9.36 Å². The zero-order valence-electron chi connectivity index (χ0n) is 10.4. The highest BCUT2D eigenvalue weighted by molar-refractivity contribution is 5.57. The van der Waals surface area contributed by atoms with E-state index in [2.05, 4.69) is 10.2 Å². The lowest BCUT2D eigenvalue weighted by Gasteiger charge is -2.06. The Bertz CT molecular complexity index is 758. The number of hydrogen-bond acceptors (Lipinski definition) is 3. The summed E-state index contributed by atoms with van der Waals surface area (Å²) < 4.78 is 3.38. The normalized spacial score (nSPS) is 10.6. The Kier molecular flexibility index (Phi) is 2.72. The number of pyridine rings is 1. The molecule has 0 N–H and O–H groups in total. The SMILES string of the molecule is Cn1ccc(-c2nncn2-c2ccccc2)cc1=O. The van der Waals surface area contributed by atoms with E-state index in [1.807, 2.05) is 41.0 Å². The van der Waals surface area contributed by atoms with E-state index in [-0.39, 0.29) is 5.56 Å². The Labute approximate surface area is 109 Å². The van der Waals surface area contributed by atoms with Crippen molar-refractivity contribution >= 4 is 0 Å². The maximum absolute atomic E-state index is 11.7. The molecular weight excluding hydrogens is 240 g/mol. The van der Waals surface area contributed by atoms with Crippen LogP contribution in [-0.4, -0.2) is 19.3 Å². The highest BCUT2D eigenvalue weighted by Crippen LogP contribution is 2.18. The van der Waals surface area contributed by atoms with E-state index in [1.54, 1.807) is 25.6 Å². The molecule has 0 aliphatic rings. The average Bonchev–Trinajstić information content (AvgIpc) is 2.92. The summed E-state index contributed by atoms with van der Waals surface area (Å²) in [5, 5.41) is 8.03. The number of aryl methyl sites for hydroxylation is 1. The smallest absolute Gasteiger partial charge is 0.250 e. The van der Waals surface area contributed by atoms with Gasteiger partial charge in [0.05, 0.1) is 0 Å². The second-order valence-electron chi connectivity index (χ2n) is 4.22. The second-order valence-corrected chi connectivity index (χ2v) is 4.22. The largest absolute Gasteiger partial charge is 0.319 e. The molecule has 3 rings (SSSR count). The molecule has 5 heteroatoms. The lowest BCUT2D eigenvalue weighted by molar-refractivity contribution is 0.859. The third kappa shape index (κ3) is 2.06. The average molecular weight is 252 g/mol. The molecule has 1 aromatic carbocycles. The van der Waals surface area contributed by atoms with E-state index in [0.29, 0.717) is 5.82 Å². The summed E-state index contributed by atoms with van der Waals surface area (Å²) in [5.74, 6) is 0.656. The zero-order valence-corrected chi connectivity index (χ0v) is 10.4. The molecule has 0 saturated heterocycles. The zero-order chi connectivity index (χ0) is 13.2. The monoisotopic (exact) mass is 252 g/mol. The fourth-order valence-corrected chi connectivity index (χ4v) is 1.90. The van der Waals surface area contributed by atoms with E-state index < -0.39 is 0 Å². The van der Waals surface area contributed by atoms with E-state index >= 15 is 0 Å². The minimum Gasteiger partial charge on any atom is -0.319 e. The van der Waals surface area contributed by atoms with Gasteiger partial charge in [0.25, 0.3) is 5.56 Å². The van der Waals surface area contributed by atoms with Crippen LogP contribution in [0, 0.1) is 0 Å². The van der Waals surface area contributed by atoms with Crippen molar-refractivity contribution in [2.45, 2.75) is 0 Å². The van der Waals surface area contributed by atoms with E-state index in [0.717, 1.165) is 11.3 Å². The summed E-state index contributed by atoms with van der Waals surface area (Å²) in [4.78, 5) is 11.7. The van der Waals surface area contributed by atoms with Gasteiger partial charge in [-0.15, -0.1) is 10.2 Å². The minimum atomic E-state index is -0.0693. The molecule has 0 fully saturated rings. The van der Waals surface area contributed by atoms with E-state index in [9.17, 15) is 4.79 Å². The number of aromatic nitrogens is 4. The van der Waals surface area contributed by atoms with Crippen molar-refractivity contribution in [1.82, 2.24) is 19.3 Å². The number of para-hydroxylation sites is 1. The van der Waals surface area contributed by atoms with Gasteiger partial charge in [-0.2, -0.15) is 0 Å². The van der Waals surface area contributed by atoms with Gasteiger partial charge in [-0.1, -0.05) is 18.2 Å². The Morgan fingerprint density at radius 2 is 1.89 bits per heavy atom. The van der Waals surface area contributed by atoms with Gasteiger partial charge in [0.2, 0.25) is 0 Å². The van der Waals surface area contributed by atoms with Crippen molar-refractivity contribution in [2.75, 3.05) is 0 Å². The van der Waals surface area contributed by atoms with Crippen molar-refractivity contribution in [3.05, 3.63) is 65.3 Å². The van der Waals surface area contributed by atoms with Crippen LogP contribution < -0.4 is 5.56 Å². The summed E-state index contributed by atoms with van der Waals surface area (Å²) in [7, 11) is 1.72. The summed E-state index contributed by atoms with van der Waals surface area (Å²) in [6.07, 6.45) is 3.36. The molecular formula is C14H12N4O. The van der Waals surface area contributed by atoms with Gasteiger partial charge >= 0.3 is 0 Å². The molecule has 2 aromatic heterocycles. The molecule has 0 aliphatic heterocycles. The van der Waals surface area contributed by atoms with E-state index in [1.165, 1.54) is 4.57 Å². The van der Waals surface area contributed by atoms with Gasteiger partial charge in [0.1, 0.15) is 6.33 Å². The van der Waals surface area contributed by atoms with Crippen molar-refractivity contribution < 1.29 is 0 Å². The van der Waals surface area contributed by atoms with Crippen LogP contribution in [0.5, 0.6) is 0 Å². The van der Waals surface area contributed by atoms with Gasteiger partial charge in [0.15, 0.2) is 5.82 Å². The third-order valence-corrected chi connectivity index (χ3v) is 2.94. The van der Waals surface area contributed by atoms with Gasteiger partial charge < -0.3 is 4.57 Å². The number of nitrogens with zero attached hydrogens (tertiary/aromatic N) is 4. The highest BCUT2D eigenvalue weighted by atomic mass is 16.1. The number of rotatable bonds is 2. The molecule has 2 heterocycles. The maximum atomic E-state index is 11.7. The molecule has 0 aliphatic carbocycles. The van der Waals surface area contributed by atoms with Crippen LogP contribution in [0.25, 0.3) is 17.1 Å². The number of benzene rings is 1. The van der Waals surface area contributed by atoms with Crippen LogP contribution in [0.3, 0.4) is 0 Å². The molecule has 0 saturated carbocycles.